The molecule has 3 nitrogen and oxygen atoms in total. The third-order valence-electron chi connectivity index (χ3n) is 5.34. The van der Waals surface area contributed by atoms with Gasteiger partial charge in [-0.2, -0.15) is 0 Å². The zero-order valence-corrected chi connectivity index (χ0v) is 12.4. The standard InChI is InChI=1S/C17H25NO2/c1-11(16-8-12-3-4-13(16)7-12)18-10-14-5-6-15(20-2)9-17(14)19/h5-6,9,11-13,16,18-19H,3-4,7-8,10H2,1-2H3. The topological polar surface area (TPSA) is 41.5 Å². The number of fused-ring (bicyclic) bond motifs is 2. The van der Waals surface area contributed by atoms with Crippen molar-refractivity contribution in [3.8, 4) is 11.5 Å². The number of nitrogens with one attached hydrogen (secondary N) is 1. The molecule has 2 aliphatic rings. The molecule has 0 aromatic heterocycles. The number of benzene rings is 1. The zero-order valence-electron chi connectivity index (χ0n) is 12.4. The van der Waals surface area contributed by atoms with Gasteiger partial charge in [-0.15, -0.1) is 0 Å². The molecule has 0 aliphatic heterocycles. The minimum absolute atomic E-state index is 0.317. The number of rotatable bonds is 5. The highest BCUT2D eigenvalue weighted by Gasteiger charge is 2.41. The normalized spacial score (nSPS) is 29.6. The van der Waals surface area contributed by atoms with Gasteiger partial charge in [0, 0.05) is 24.2 Å². The van der Waals surface area contributed by atoms with E-state index in [2.05, 4.69) is 12.2 Å². The van der Waals surface area contributed by atoms with Crippen LogP contribution in [0.2, 0.25) is 0 Å². The Morgan fingerprint density at radius 2 is 2.20 bits per heavy atom. The molecule has 2 N–H and O–H groups in total. The van der Waals surface area contributed by atoms with Crippen LogP contribution in [-0.4, -0.2) is 18.3 Å². The Morgan fingerprint density at radius 3 is 2.80 bits per heavy atom. The van der Waals surface area contributed by atoms with Crippen molar-refractivity contribution in [2.45, 2.75) is 45.2 Å². The Balaban J connectivity index is 1.56. The second kappa shape index (κ2) is 5.65. The summed E-state index contributed by atoms with van der Waals surface area (Å²) in [6.07, 6.45) is 5.72. The van der Waals surface area contributed by atoms with Crippen LogP contribution >= 0.6 is 0 Å². The quantitative estimate of drug-likeness (QED) is 0.866. The molecule has 4 unspecified atom stereocenters. The Morgan fingerprint density at radius 1 is 1.35 bits per heavy atom. The van der Waals surface area contributed by atoms with Crippen LogP contribution in [0.5, 0.6) is 11.5 Å². The lowest BCUT2D eigenvalue weighted by Gasteiger charge is -2.28. The first-order chi connectivity index (χ1) is 9.67. The van der Waals surface area contributed by atoms with E-state index in [0.717, 1.165) is 29.9 Å². The van der Waals surface area contributed by atoms with Crippen molar-refractivity contribution < 1.29 is 9.84 Å². The molecule has 110 valence electrons. The van der Waals surface area contributed by atoms with Gasteiger partial charge in [-0.3, -0.25) is 0 Å². The molecule has 2 saturated carbocycles. The van der Waals surface area contributed by atoms with Crippen LogP contribution in [0.25, 0.3) is 0 Å². The minimum atomic E-state index is 0.317. The van der Waals surface area contributed by atoms with E-state index in [1.54, 1.807) is 13.2 Å². The van der Waals surface area contributed by atoms with Gasteiger partial charge in [0.1, 0.15) is 11.5 Å². The average molecular weight is 275 g/mol. The molecule has 2 fully saturated rings. The first-order valence-corrected chi connectivity index (χ1v) is 7.76. The molecule has 0 amide bonds. The van der Waals surface area contributed by atoms with Crippen molar-refractivity contribution in [3.05, 3.63) is 23.8 Å². The number of phenols is 1. The van der Waals surface area contributed by atoms with Crippen LogP contribution in [0.15, 0.2) is 18.2 Å². The second-order valence-corrected chi connectivity index (χ2v) is 6.50. The minimum Gasteiger partial charge on any atom is -0.507 e. The van der Waals surface area contributed by atoms with E-state index >= 15 is 0 Å². The van der Waals surface area contributed by atoms with Crippen molar-refractivity contribution in [2.24, 2.45) is 17.8 Å². The van der Waals surface area contributed by atoms with E-state index in [-0.39, 0.29) is 0 Å². The van der Waals surface area contributed by atoms with E-state index in [4.69, 9.17) is 4.74 Å². The summed E-state index contributed by atoms with van der Waals surface area (Å²) in [7, 11) is 1.61. The summed E-state index contributed by atoms with van der Waals surface area (Å²) >= 11 is 0. The summed E-state index contributed by atoms with van der Waals surface area (Å²) in [5, 5.41) is 13.6. The van der Waals surface area contributed by atoms with Gasteiger partial charge in [0.15, 0.2) is 0 Å². The Bertz CT molecular complexity index is 474. The molecule has 3 rings (SSSR count). The summed E-state index contributed by atoms with van der Waals surface area (Å²) in [5.74, 6) is 3.77. The van der Waals surface area contributed by atoms with E-state index in [0.29, 0.717) is 17.5 Å². The van der Waals surface area contributed by atoms with Crippen LogP contribution in [0.1, 0.15) is 38.2 Å². The molecule has 0 spiro atoms. The summed E-state index contributed by atoms with van der Waals surface area (Å²) < 4.78 is 5.11. The van der Waals surface area contributed by atoms with Gasteiger partial charge in [0.25, 0.3) is 0 Å². The molecule has 1 aromatic carbocycles. The number of hydrogen-bond donors (Lipinski definition) is 2. The van der Waals surface area contributed by atoms with Crippen LogP contribution in [0.3, 0.4) is 0 Å². The molecule has 1 aromatic rings. The largest absolute Gasteiger partial charge is 0.507 e. The number of aromatic hydroxyl groups is 1. The molecular formula is C17H25NO2. The number of ether oxygens (including phenoxy) is 1. The third-order valence-corrected chi connectivity index (χ3v) is 5.34. The van der Waals surface area contributed by atoms with Gasteiger partial charge in [-0.25, -0.2) is 0 Å². The molecular weight excluding hydrogens is 250 g/mol. The fourth-order valence-corrected chi connectivity index (χ4v) is 4.15. The Kier molecular flexibility index (Phi) is 3.88. The van der Waals surface area contributed by atoms with E-state index in [9.17, 15) is 5.11 Å². The van der Waals surface area contributed by atoms with Crippen LogP contribution in [-0.2, 0) is 6.54 Å². The van der Waals surface area contributed by atoms with Gasteiger partial charge in [0.2, 0.25) is 0 Å². The molecule has 0 radical (unpaired) electrons. The maximum absolute atomic E-state index is 9.99. The number of phenolic OH excluding ortho intramolecular Hbond substituents is 1. The van der Waals surface area contributed by atoms with Gasteiger partial charge in [-0.05, 0) is 50.0 Å². The highest BCUT2D eigenvalue weighted by atomic mass is 16.5. The molecule has 4 atom stereocenters. The maximum atomic E-state index is 9.99. The lowest BCUT2D eigenvalue weighted by molar-refractivity contribution is 0.259. The summed E-state index contributed by atoms with van der Waals surface area (Å²) in [5.41, 5.74) is 0.945. The van der Waals surface area contributed by atoms with Crippen molar-refractivity contribution in [1.29, 1.82) is 0 Å². The molecule has 0 saturated heterocycles. The summed E-state index contributed by atoms with van der Waals surface area (Å²) in [6.45, 7) is 3.02. The van der Waals surface area contributed by atoms with Crippen molar-refractivity contribution in [3.63, 3.8) is 0 Å². The molecule has 2 bridgehead atoms. The average Bonchev–Trinajstić information content (AvgIpc) is 3.08. The first-order valence-electron chi connectivity index (χ1n) is 7.76. The second-order valence-electron chi connectivity index (χ2n) is 6.50. The summed E-state index contributed by atoms with van der Waals surface area (Å²) in [4.78, 5) is 0. The van der Waals surface area contributed by atoms with Crippen LogP contribution in [0, 0.1) is 17.8 Å². The van der Waals surface area contributed by atoms with Crippen LogP contribution in [0.4, 0.5) is 0 Å². The predicted molar refractivity (Wildman–Crippen MR) is 79.9 cm³/mol. The van der Waals surface area contributed by atoms with Gasteiger partial charge in [0.05, 0.1) is 7.11 Å². The van der Waals surface area contributed by atoms with E-state index in [1.165, 1.54) is 25.7 Å². The molecule has 2 aliphatic carbocycles. The highest BCUT2D eigenvalue weighted by molar-refractivity contribution is 5.39. The molecule has 20 heavy (non-hydrogen) atoms. The molecule has 0 heterocycles. The number of hydrogen-bond acceptors (Lipinski definition) is 3. The van der Waals surface area contributed by atoms with Gasteiger partial charge in [-0.1, -0.05) is 12.5 Å². The first kappa shape index (κ1) is 13.7. The monoisotopic (exact) mass is 275 g/mol. The maximum Gasteiger partial charge on any atom is 0.123 e. The Labute approximate surface area is 121 Å². The Hall–Kier alpha value is -1.22. The zero-order chi connectivity index (χ0) is 14.1. The van der Waals surface area contributed by atoms with Gasteiger partial charge >= 0.3 is 0 Å². The fraction of sp³-hybridized carbons (Fsp3) is 0.647. The smallest absolute Gasteiger partial charge is 0.123 e. The van der Waals surface area contributed by atoms with Crippen molar-refractivity contribution >= 4 is 0 Å². The van der Waals surface area contributed by atoms with E-state index in [1.807, 2.05) is 12.1 Å². The SMILES string of the molecule is COc1ccc(CNC(C)C2CC3CCC2C3)c(O)c1. The number of methoxy groups -OCH3 is 1. The van der Waals surface area contributed by atoms with Crippen LogP contribution < -0.4 is 10.1 Å². The van der Waals surface area contributed by atoms with Crippen molar-refractivity contribution in [2.75, 3.05) is 7.11 Å². The lowest BCUT2D eigenvalue weighted by Crippen LogP contribution is -2.35. The third kappa shape index (κ3) is 2.64. The predicted octanol–water partition coefficient (Wildman–Crippen LogP) is 3.32. The fourth-order valence-electron chi connectivity index (χ4n) is 4.15. The van der Waals surface area contributed by atoms with Gasteiger partial charge < -0.3 is 15.2 Å². The van der Waals surface area contributed by atoms with Crippen molar-refractivity contribution in [1.82, 2.24) is 5.32 Å². The molecule has 3 heteroatoms. The summed E-state index contributed by atoms with van der Waals surface area (Å²) in [6, 6.07) is 6.05. The van der Waals surface area contributed by atoms with E-state index < -0.39 is 0 Å². The highest BCUT2D eigenvalue weighted by Crippen LogP contribution is 2.49. The lowest BCUT2D eigenvalue weighted by atomic mass is 9.84.